The van der Waals surface area contributed by atoms with Gasteiger partial charge in [-0.15, -0.1) is 6.58 Å². The summed E-state index contributed by atoms with van der Waals surface area (Å²) in [5.74, 6) is 1.22. The average molecular weight is 143 g/mol. The van der Waals surface area contributed by atoms with Gasteiger partial charge >= 0.3 is 0 Å². The van der Waals surface area contributed by atoms with E-state index in [2.05, 4.69) is 11.3 Å². The molecule has 1 N–H and O–H groups in total. The normalized spacial score (nSPS) is 25.8. The molecule has 0 aromatic carbocycles. The Labute approximate surface area is 58.8 Å². The third-order valence-electron chi connectivity index (χ3n) is 1.28. The maximum absolute atomic E-state index is 10.8. The quantitative estimate of drug-likeness (QED) is 0.460. The second-order valence-corrected chi connectivity index (χ2v) is 2.82. The molecule has 1 amide bonds. The number of rotatable bonds is 2. The number of carbonyl (C=O) groups is 1. The highest BCUT2D eigenvalue weighted by Crippen LogP contribution is 2.17. The summed E-state index contributed by atoms with van der Waals surface area (Å²) in [7, 11) is 0. The molecule has 1 unspecified atom stereocenters. The second-order valence-electron chi connectivity index (χ2n) is 2.00. The van der Waals surface area contributed by atoms with Crippen LogP contribution in [-0.2, 0) is 4.79 Å². The van der Waals surface area contributed by atoms with Crippen molar-refractivity contribution in [1.29, 1.82) is 0 Å². The molecule has 1 atom stereocenters. The highest BCUT2D eigenvalue weighted by molar-refractivity contribution is 7.98. The Morgan fingerprint density at radius 2 is 2.78 bits per heavy atom. The predicted octanol–water partition coefficient (Wildman–Crippen LogP) is 0.957. The molecule has 1 heterocycles. The standard InChI is InChI=1S/C6H9NOS/c1-2-3-5-4-9-7-6(5)8/h2,5H,1,3-4H2,(H,7,8). The van der Waals surface area contributed by atoms with E-state index in [4.69, 9.17) is 0 Å². The molecule has 3 heteroatoms. The zero-order valence-electron chi connectivity index (χ0n) is 5.09. The van der Waals surface area contributed by atoms with Crippen LogP contribution in [0.25, 0.3) is 0 Å². The van der Waals surface area contributed by atoms with Crippen LogP contribution in [0.5, 0.6) is 0 Å². The van der Waals surface area contributed by atoms with Gasteiger partial charge in [-0.1, -0.05) is 6.08 Å². The van der Waals surface area contributed by atoms with E-state index in [0.29, 0.717) is 0 Å². The molecule has 0 saturated carbocycles. The van der Waals surface area contributed by atoms with Crippen molar-refractivity contribution < 1.29 is 4.79 Å². The van der Waals surface area contributed by atoms with Gasteiger partial charge in [0.1, 0.15) is 0 Å². The highest BCUT2D eigenvalue weighted by atomic mass is 32.2. The Balaban J connectivity index is 2.39. The second kappa shape index (κ2) is 2.92. The van der Waals surface area contributed by atoms with Crippen molar-refractivity contribution in [2.45, 2.75) is 6.42 Å². The fourth-order valence-electron chi connectivity index (χ4n) is 0.749. The molecule has 9 heavy (non-hydrogen) atoms. The molecule has 0 radical (unpaired) electrons. The molecule has 0 aromatic heterocycles. The summed E-state index contributed by atoms with van der Waals surface area (Å²) >= 11 is 1.48. The van der Waals surface area contributed by atoms with Crippen LogP contribution < -0.4 is 4.72 Å². The van der Waals surface area contributed by atoms with Gasteiger partial charge in [-0.25, -0.2) is 0 Å². The number of amides is 1. The van der Waals surface area contributed by atoms with Gasteiger partial charge in [-0.3, -0.25) is 9.52 Å². The maximum atomic E-state index is 10.8. The Morgan fingerprint density at radius 3 is 3.22 bits per heavy atom. The molecular formula is C6H9NOS. The molecule has 1 aliphatic rings. The Morgan fingerprint density at radius 1 is 2.00 bits per heavy atom. The predicted molar refractivity (Wildman–Crippen MR) is 38.9 cm³/mol. The van der Waals surface area contributed by atoms with Crippen molar-refractivity contribution >= 4 is 17.9 Å². The first-order valence-corrected chi connectivity index (χ1v) is 3.85. The molecule has 2 nitrogen and oxygen atoms in total. The summed E-state index contributed by atoms with van der Waals surface area (Å²) in [6, 6.07) is 0. The van der Waals surface area contributed by atoms with Crippen LogP contribution in [0.1, 0.15) is 6.42 Å². The lowest BCUT2D eigenvalue weighted by molar-refractivity contribution is -0.121. The third-order valence-corrected chi connectivity index (χ3v) is 2.19. The summed E-state index contributed by atoms with van der Waals surface area (Å²) in [6.07, 6.45) is 2.59. The van der Waals surface area contributed by atoms with Gasteiger partial charge in [0.25, 0.3) is 0 Å². The molecule has 0 bridgehead atoms. The first-order chi connectivity index (χ1) is 4.34. The Hall–Kier alpha value is -0.440. The third kappa shape index (κ3) is 1.48. The van der Waals surface area contributed by atoms with Crippen molar-refractivity contribution in [1.82, 2.24) is 4.72 Å². The molecule has 1 saturated heterocycles. The molecule has 1 aliphatic heterocycles. The summed E-state index contributed by atoms with van der Waals surface area (Å²) in [5.41, 5.74) is 0. The smallest absolute Gasteiger partial charge is 0.234 e. The number of nitrogens with one attached hydrogen (secondary N) is 1. The van der Waals surface area contributed by atoms with Crippen LogP contribution in [0.4, 0.5) is 0 Å². The zero-order chi connectivity index (χ0) is 6.69. The van der Waals surface area contributed by atoms with Crippen LogP contribution in [-0.4, -0.2) is 11.7 Å². The van der Waals surface area contributed by atoms with E-state index in [1.807, 2.05) is 0 Å². The number of carbonyl (C=O) groups excluding carboxylic acids is 1. The first kappa shape index (κ1) is 6.68. The summed E-state index contributed by atoms with van der Waals surface area (Å²) < 4.78 is 2.68. The van der Waals surface area contributed by atoms with Crippen molar-refractivity contribution in [3.8, 4) is 0 Å². The Kier molecular flexibility index (Phi) is 2.16. The molecule has 0 aliphatic carbocycles. The SMILES string of the molecule is C=CCC1CSNC1=O. The van der Waals surface area contributed by atoms with E-state index in [1.165, 1.54) is 11.9 Å². The van der Waals surface area contributed by atoms with E-state index in [1.54, 1.807) is 6.08 Å². The zero-order valence-corrected chi connectivity index (χ0v) is 5.91. The lowest BCUT2D eigenvalue weighted by Gasteiger charge is -1.97. The van der Waals surface area contributed by atoms with E-state index in [-0.39, 0.29) is 11.8 Å². The monoisotopic (exact) mass is 143 g/mol. The van der Waals surface area contributed by atoms with Crippen molar-refractivity contribution in [3.63, 3.8) is 0 Å². The highest BCUT2D eigenvalue weighted by Gasteiger charge is 2.22. The van der Waals surface area contributed by atoms with Crippen molar-refractivity contribution in [2.24, 2.45) is 5.92 Å². The molecule has 1 rings (SSSR count). The molecule has 1 fully saturated rings. The average Bonchev–Trinajstić information content (AvgIpc) is 2.18. The minimum Gasteiger partial charge on any atom is -0.300 e. The van der Waals surface area contributed by atoms with Crippen LogP contribution >= 0.6 is 11.9 Å². The van der Waals surface area contributed by atoms with Gasteiger partial charge in [-0.05, 0) is 18.4 Å². The largest absolute Gasteiger partial charge is 0.300 e. The van der Waals surface area contributed by atoms with Gasteiger partial charge in [0, 0.05) is 5.75 Å². The van der Waals surface area contributed by atoms with Gasteiger partial charge in [-0.2, -0.15) is 0 Å². The lowest BCUT2D eigenvalue weighted by atomic mass is 10.1. The van der Waals surface area contributed by atoms with Crippen LogP contribution in [0.15, 0.2) is 12.7 Å². The fraction of sp³-hybridized carbons (Fsp3) is 0.500. The minimum atomic E-state index is 0.153. The molecule has 50 valence electrons. The lowest BCUT2D eigenvalue weighted by Crippen LogP contribution is -2.16. The van der Waals surface area contributed by atoms with E-state index in [9.17, 15) is 4.79 Å². The van der Waals surface area contributed by atoms with Gasteiger partial charge in [0.05, 0.1) is 5.92 Å². The van der Waals surface area contributed by atoms with Crippen LogP contribution in [0, 0.1) is 5.92 Å². The van der Waals surface area contributed by atoms with E-state index >= 15 is 0 Å². The molecular weight excluding hydrogens is 134 g/mol. The summed E-state index contributed by atoms with van der Waals surface area (Å²) in [5, 5.41) is 0. The topological polar surface area (TPSA) is 29.1 Å². The molecule has 0 aromatic rings. The van der Waals surface area contributed by atoms with Crippen molar-refractivity contribution in [3.05, 3.63) is 12.7 Å². The number of hydrogen-bond acceptors (Lipinski definition) is 2. The Bertz CT molecular complexity index is 135. The summed E-state index contributed by atoms with van der Waals surface area (Å²) in [4.78, 5) is 10.8. The maximum Gasteiger partial charge on any atom is 0.234 e. The van der Waals surface area contributed by atoms with E-state index < -0.39 is 0 Å². The number of hydrogen-bond donors (Lipinski definition) is 1. The minimum absolute atomic E-state index is 0.153. The molecule has 0 spiro atoms. The van der Waals surface area contributed by atoms with Gasteiger partial charge in [0.15, 0.2) is 0 Å². The van der Waals surface area contributed by atoms with Gasteiger partial charge in [0.2, 0.25) is 5.91 Å². The number of allylic oxidation sites excluding steroid dienone is 1. The van der Waals surface area contributed by atoms with Gasteiger partial charge < -0.3 is 0 Å². The van der Waals surface area contributed by atoms with Crippen LogP contribution in [0.2, 0.25) is 0 Å². The van der Waals surface area contributed by atoms with Crippen LogP contribution in [0.3, 0.4) is 0 Å². The van der Waals surface area contributed by atoms with E-state index in [0.717, 1.165) is 12.2 Å². The summed E-state index contributed by atoms with van der Waals surface area (Å²) in [6.45, 7) is 3.57. The van der Waals surface area contributed by atoms with Crippen molar-refractivity contribution in [2.75, 3.05) is 5.75 Å². The fourth-order valence-corrected chi connectivity index (χ4v) is 1.63. The first-order valence-electron chi connectivity index (χ1n) is 2.87.